The molecule has 0 aromatic rings. The Labute approximate surface area is 58.0 Å². The molecule has 1 aliphatic rings. The van der Waals surface area contributed by atoms with Crippen molar-refractivity contribution in [1.29, 1.82) is 0 Å². The van der Waals surface area contributed by atoms with E-state index in [9.17, 15) is 0 Å². The van der Waals surface area contributed by atoms with Gasteiger partial charge >= 0.3 is 0 Å². The van der Waals surface area contributed by atoms with Gasteiger partial charge < -0.3 is 0 Å². The SMILES string of the molecule is CCCC1=CC1CCC. The van der Waals surface area contributed by atoms with Crippen LogP contribution in [0.1, 0.15) is 39.5 Å². The van der Waals surface area contributed by atoms with Crippen LogP contribution in [-0.4, -0.2) is 0 Å². The minimum atomic E-state index is 0.926. The summed E-state index contributed by atoms with van der Waals surface area (Å²) in [5.74, 6) is 0.926. The molecule has 0 spiro atoms. The van der Waals surface area contributed by atoms with Crippen molar-refractivity contribution in [3.63, 3.8) is 0 Å². The average molecular weight is 124 g/mol. The smallest absolute Gasteiger partial charge is 0.00203 e. The second-order valence-electron chi connectivity index (χ2n) is 2.89. The summed E-state index contributed by atoms with van der Waals surface area (Å²) in [5.41, 5.74) is 1.72. The zero-order valence-corrected chi connectivity index (χ0v) is 6.48. The van der Waals surface area contributed by atoms with Gasteiger partial charge in [0.2, 0.25) is 0 Å². The van der Waals surface area contributed by atoms with Crippen LogP contribution in [0.5, 0.6) is 0 Å². The van der Waals surface area contributed by atoms with E-state index in [0.29, 0.717) is 0 Å². The van der Waals surface area contributed by atoms with Crippen molar-refractivity contribution in [2.24, 2.45) is 5.92 Å². The highest BCUT2D eigenvalue weighted by Crippen LogP contribution is 2.36. The van der Waals surface area contributed by atoms with Gasteiger partial charge in [0.15, 0.2) is 0 Å². The molecule has 0 N–H and O–H groups in total. The van der Waals surface area contributed by atoms with Gasteiger partial charge in [-0.25, -0.2) is 0 Å². The number of hydrogen-bond donors (Lipinski definition) is 0. The van der Waals surface area contributed by atoms with Gasteiger partial charge in [0.25, 0.3) is 0 Å². The van der Waals surface area contributed by atoms with E-state index in [2.05, 4.69) is 19.9 Å². The summed E-state index contributed by atoms with van der Waals surface area (Å²) >= 11 is 0. The first-order valence-corrected chi connectivity index (χ1v) is 4.09. The summed E-state index contributed by atoms with van der Waals surface area (Å²) in [5, 5.41) is 0. The Bertz CT molecular complexity index is 111. The van der Waals surface area contributed by atoms with Gasteiger partial charge in [-0.05, 0) is 18.8 Å². The van der Waals surface area contributed by atoms with Crippen LogP contribution in [-0.2, 0) is 0 Å². The van der Waals surface area contributed by atoms with Crippen LogP contribution in [0.4, 0.5) is 0 Å². The van der Waals surface area contributed by atoms with Crippen LogP contribution in [0.2, 0.25) is 0 Å². The van der Waals surface area contributed by atoms with E-state index in [1.165, 1.54) is 25.7 Å². The molecule has 0 heterocycles. The third kappa shape index (κ3) is 1.85. The molecule has 0 fully saturated rings. The largest absolute Gasteiger partial charge is 0.0775 e. The molecule has 0 aliphatic heterocycles. The van der Waals surface area contributed by atoms with Gasteiger partial charge in [-0.2, -0.15) is 0 Å². The van der Waals surface area contributed by atoms with Crippen molar-refractivity contribution < 1.29 is 0 Å². The Kier molecular flexibility index (Phi) is 2.32. The minimum Gasteiger partial charge on any atom is -0.0775 e. The zero-order chi connectivity index (χ0) is 6.69. The van der Waals surface area contributed by atoms with Crippen molar-refractivity contribution in [2.75, 3.05) is 0 Å². The fraction of sp³-hybridized carbons (Fsp3) is 0.778. The summed E-state index contributed by atoms with van der Waals surface area (Å²) < 4.78 is 0. The molecule has 9 heavy (non-hydrogen) atoms. The Hall–Kier alpha value is -0.260. The van der Waals surface area contributed by atoms with Gasteiger partial charge in [0.05, 0.1) is 0 Å². The first-order chi connectivity index (χ1) is 4.38. The van der Waals surface area contributed by atoms with E-state index in [0.717, 1.165) is 5.92 Å². The maximum Gasteiger partial charge on any atom is -0.00203 e. The molecule has 0 radical (unpaired) electrons. The van der Waals surface area contributed by atoms with Crippen LogP contribution < -0.4 is 0 Å². The van der Waals surface area contributed by atoms with E-state index in [1.807, 2.05) is 0 Å². The van der Waals surface area contributed by atoms with Gasteiger partial charge in [-0.1, -0.05) is 38.3 Å². The van der Waals surface area contributed by atoms with Gasteiger partial charge in [-0.15, -0.1) is 0 Å². The Morgan fingerprint density at radius 3 is 2.67 bits per heavy atom. The Balaban J connectivity index is 2.01. The lowest BCUT2D eigenvalue weighted by Gasteiger charge is -1.93. The van der Waals surface area contributed by atoms with E-state index < -0.39 is 0 Å². The van der Waals surface area contributed by atoms with E-state index >= 15 is 0 Å². The minimum absolute atomic E-state index is 0.926. The predicted molar refractivity (Wildman–Crippen MR) is 41.4 cm³/mol. The third-order valence-electron chi connectivity index (χ3n) is 1.92. The molecular formula is C9H16. The van der Waals surface area contributed by atoms with Crippen molar-refractivity contribution in [2.45, 2.75) is 39.5 Å². The monoisotopic (exact) mass is 124 g/mol. The average Bonchev–Trinajstić information content (AvgIpc) is 2.50. The lowest BCUT2D eigenvalue weighted by Crippen LogP contribution is -1.79. The maximum absolute atomic E-state index is 2.42. The van der Waals surface area contributed by atoms with Crippen LogP contribution in [0.25, 0.3) is 0 Å². The molecule has 0 bridgehead atoms. The summed E-state index contributed by atoms with van der Waals surface area (Å²) in [6, 6.07) is 0. The molecule has 1 atom stereocenters. The zero-order valence-electron chi connectivity index (χ0n) is 6.48. The van der Waals surface area contributed by atoms with E-state index in [1.54, 1.807) is 5.57 Å². The van der Waals surface area contributed by atoms with Crippen LogP contribution >= 0.6 is 0 Å². The van der Waals surface area contributed by atoms with Crippen LogP contribution in [0.3, 0.4) is 0 Å². The third-order valence-corrected chi connectivity index (χ3v) is 1.92. The Morgan fingerprint density at radius 1 is 1.33 bits per heavy atom. The first-order valence-electron chi connectivity index (χ1n) is 4.09. The van der Waals surface area contributed by atoms with E-state index in [-0.39, 0.29) is 0 Å². The highest BCUT2D eigenvalue weighted by Gasteiger charge is 2.21. The molecule has 1 aliphatic carbocycles. The van der Waals surface area contributed by atoms with Gasteiger partial charge in [0.1, 0.15) is 0 Å². The summed E-state index contributed by atoms with van der Waals surface area (Å²) in [7, 11) is 0. The topological polar surface area (TPSA) is 0 Å². The molecule has 0 aromatic heterocycles. The Morgan fingerprint density at radius 2 is 2.11 bits per heavy atom. The standard InChI is InChI=1S/C9H16/c1-3-5-8-7-9(8)6-4-2/h7-8H,3-6H2,1-2H3. The molecule has 0 saturated heterocycles. The molecule has 0 saturated carbocycles. The molecule has 0 nitrogen and oxygen atoms in total. The van der Waals surface area contributed by atoms with Crippen molar-refractivity contribution in [3.8, 4) is 0 Å². The van der Waals surface area contributed by atoms with Crippen molar-refractivity contribution >= 4 is 0 Å². The number of allylic oxidation sites excluding steroid dienone is 2. The normalized spacial score (nSPS) is 23.8. The van der Waals surface area contributed by atoms with Crippen LogP contribution in [0.15, 0.2) is 11.6 Å². The van der Waals surface area contributed by atoms with Gasteiger partial charge in [0, 0.05) is 0 Å². The number of rotatable bonds is 4. The van der Waals surface area contributed by atoms with Crippen molar-refractivity contribution in [3.05, 3.63) is 11.6 Å². The molecule has 52 valence electrons. The number of hydrogen-bond acceptors (Lipinski definition) is 0. The highest BCUT2D eigenvalue weighted by molar-refractivity contribution is 5.28. The maximum atomic E-state index is 2.42. The molecule has 0 amide bonds. The highest BCUT2D eigenvalue weighted by atomic mass is 14.3. The molecule has 1 unspecified atom stereocenters. The lowest BCUT2D eigenvalue weighted by molar-refractivity contribution is 0.711. The fourth-order valence-corrected chi connectivity index (χ4v) is 1.35. The summed E-state index contributed by atoms with van der Waals surface area (Å²) in [6.45, 7) is 4.51. The molecule has 1 rings (SSSR count). The van der Waals surface area contributed by atoms with Crippen LogP contribution in [0, 0.1) is 5.92 Å². The molecule has 0 aromatic carbocycles. The fourth-order valence-electron chi connectivity index (χ4n) is 1.35. The van der Waals surface area contributed by atoms with Crippen molar-refractivity contribution in [1.82, 2.24) is 0 Å². The predicted octanol–water partition coefficient (Wildman–Crippen LogP) is 3.14. The molecular weight excluding hydrogens is 108 g/mol. The lowest BCUT2D eigenvalue weighted by atomic mass is 10.1. The second-order valence-corrected chi connectivity index (χ2v) is 2.89. The van der Waals surface area contributed by atoms with Gasteiger partial charge in [-0.3, -0.25) is 0 Å². The summed E-state index contributed by atoms with van der Waals surface area (Å²) in [6.07, 6.45) is 7.84. The first kappa shape index (κ1) is 6.85. The quantitative estimate of drug-likeness (QED) is 0.505. The summed E-state index contributed by atoms with van der Waals surface area (Å²) in [4.78, 5) is 0. The molecule has 0 heteroatoms. The van der Waals surface area contributed by atoms with E-state index in [4.69, 9.17) is 0 Å². The second kappa shape index (κ2) is 3.05.